The van der Waals surface area contributed by atoms with Crippen molar-refractivity contribution < 1.29 is 9.84 Å². The second-order valence-electron chi connectivity index (χ2n) is 4.98. The molecule has 0 aliphatic heterocycles. The first-order valence-corrected chi connectivity index (χ1v) is 8.12. The highest BCUT2D eigenvalue weighted by atomic mass is 79.9. The van der Waals surface area contributed by atoms with Crippen LogP contribution in [0.4, 0.5) is 0 Å². The molecule has 1 aromatic rings. The van der Waals surface area contributed by atoms with Gasteiger partial charge < -0.3 is 15.2 Å². The number of hydrogen-bond acceptors (Lipinski definition) is 3. The topological polar surface area (TPSA) is 41.5 Å². The quantitative estimate of drug-likeness (QED) is 0.822. The fourth-order valence-electron chi connectivity index (χ4n) is 2.45. The monoisotopic (exact) mass is 391 g/mol. The van der Waals surface area contributed by atoms with Gasteiger partial charge in [-0.1, -0.05) is 0 Å². The first-order chi connectivity index (χ1) is 9.10. The van der Waals surface area contributed by atoms with Gasteiger partial charge in [0.2, 0.25) is 0 Å². The maximum atomic E-state index is 9.49. The van der Waals surface area contributed by atoms with Gasteiger partial charge in [-0.05, 0) is 75.2 Å². The van der Waals surface area contributed by atoms with Gasteiger partial charge in [0.1, 0.15) is 5.75 Å². The molecule has 1 aromatic carbocycles. The van der Waals surface area contributed by atoms with Gasteiger partial charge in [0.05, 0.1) is 22.2 Å². The predicted molar refractivity (Wildman–Crippen MR) is 83.5 cm³/mol. The normalized spacial score (nSPS) is 23.4. The summed E-state index contributed by atoms with van der Waals surface area (Å²) in [6.45, 7) is 0.835. The highest BCUT2D eigenvalue weighted by Gasteiger charge is 2.18. The van der Waals surface area contributed by atoms with Crippen LogP contribution in [0.3, 0.4) is 0 Å². The summed E-state index contributed by atoms with van der Waals surface area (Å²) >= 11 is 7.03. The molecule has 0 bridgehead atoms. The molecule has 0 radical (unpaired) electrons. The summed E-state index contributed by atoms with van der Waals surface area (Å²) in [4.78, 5) is 0. The lowest BCUT2D eigenvalue weighted by Gasteiger charge is -2.26. The molecule has 19 heavy (non-hydrogen) atoms. The Bertz CT molecular complexity index is 408. The summed E-state index contributed by atoms with van der Waals surface area (Å²) in [5.74, 6) is 0.824. The molecule has 0 saturated heterocycles. The van der Waals surface area contributed by atoms with Gasteiger partial charge in [-0.25, -0.2) is 0 Å². The Morgan fingerprint density at radius 1 is 1.21 bits per heavy atom. The Balaban J connectivity index is 1.93. The van der Waals surface area contributed by atoms with Gasteiger partial charge in [0, 0.05) is 12.6 Å². The molecule has 1 aliphatic rings. The third kappa shape index (κ3) is 4.18. The molecule has 1 aliphatic carbocycles. The average molecular weight is 393 g/mol. The zero-order valence-electron chi connectivity index (χ0n) is 11.0. The maximum Gasteiger partial charge on any atom is 0.147 e. The number of ether oxygens (including phenoxy) is 1. The SMILES string of the molecule is COc1c(Br)cc(CNC2CCC(O)CC2)cc1Br. The number of benzene rings is 1. The van der Waals surface area contributed by atoms with Crippen molar-refractivity contribution in [3.8, 4) is 5.75 Å². The molecular formula is C14H19Br2NO2. The molecule has 106 valence electrons. The third-order valence-corrected chi connectivity index (χ3v) is 4.73. The van der Waals surface area contributed by atoms with Crippen molar-refractivity contribution in [3.05, 3.63) is 26.6 Å². The van der Waals surface area contributed by atoms with Crippen LogP contribution < -0.4 is 10.1 Å². The lowest BCUT2D eigenvalue weighted by atomic mass is 9.93. The standard InChI is InChI=1S/C14H19Br2NO2/c1-19-14-12(15)6-9(7-13(14)16)8-17-10-2-4-11(18)5-3-10/h6-7,10-11,17-18H,2-5,8H2,1H3. The second-order valence-corrected chi connectivity index (χ2v) is 6.69. The highest BCUT2D eigenvalue weighted by molar-refractivity contribution is 9.11. The van der Waals surface area contributed by atoms with Crippen molar-refractivity contribution in [1.29, 1.82) is 0 Å². The van der Waals surface area contributed by atoms with E-state index >= 15 is 0 Å². The van der Waals surface area contributed by atoms with E-state index in [4.69, 9.17) is 4.74 Å². The van der Waals surface area contributed by atoms with Crippen molar-refractivity contribution in [2.24, 2.45) is 0 Å². The largest absolute Gasteiger partial charge is 0.494 e. The first-order valence-electron chi connectivity index (χ1n) is 6.53. The van der Waals surface area contributed by atoms with E-state index in [2.05, 4.69) is 49.3 Å². The van der Waals surface area contributed by atoms with Gasteiger partial charge >= 0.3 is 0 Å². The van der Waals surface area contributed by atoms with Gasteiger partial charge in [-0.15, -0.1) is 0 Å². The van der Waals surface area contributed by atoms with Crippen LogP contribution in [0.5, 0.6) is 5.75 Å². The Morgan fingerprint density at radius 3 is 2.32 bits per heavy atom. The van der Waals surface area contributed by atoms with E-state index in [0.29, 0.717) is 6.04 Å². The molecule has 2 N–H and O–H groups in total. The van der Waals surface area contributed by atoms with Crippen LogP contribution in [0, 0.1) is 0 Å². The molecule has 5 heteroatoms. The average Bonchev–Trinajstić information content (AvgIpc) is 2.38. The van der Waals surface area contributed by atoms with Crippen LogP contribution >= 0.6 is 31.9 Å². The van der Waals surface area contributed by atoms with Crippen molar-refractivity contribution >= 4 is 31.9 Å². The summed E-state index contributed by atoms with van der Waals surface area (Å²) in [5, 5.41) is 13.0. The fourth-order valence-corrected chi connectivity index (χ4v) is 4.06. The van der Waals surface area contributed by atoms with Crippen LogP contribution in [0.15, 0.2) is 21.1 Å². The van der Waals surface area contributed by atoms with E-state index in [1.54, 1.807) is 7.11 Å². The Kier molecular flexibility index (Phi) is 5.69. The molecule has 0 aromatic heterocycles. The molecule has 0 amide bonds. The van der Waals surface area contributed by atoms with Gasteiger partial charge in [0.25, 0.3) is 0 Å². The van der Waals surface area contributed by atoms with Crippen molar-refractivity contribution in [3.63, 3.8) is 0 Å². The molecule has 3 nitrogen and oxygen atoms in total. The number of methoxy groups -OCH3 is 1. The summed E-state index contributed by atoms with van der Waals surface area (Å²) in [7, 11) is 1.66. The summed E-state index contributed by atoms with van der Waals surface area (Å²) < 4.78 is 7.21. The van der Waals surface area contributed by atoms with E-state index in [9.17, 15) is 5.11 Å². The van der Waals surface area contributed by atoms with E-state index < -0.39 is 0 Å². The van der Waals surface area contributed by atoms with E-state index in [1.165, 1.54) is 5.56 Å². The summed E-state index contributed by atoms with van der Waals surface area (Å²) in [6, 6.07) is 4.67. The van der Waals surface area contributed by atoms with Crippen LogP contribution in [0.25, 0.3) is 0 Å². The second kappa shape index (κ2) is 7.07. The van der Waals surface area contributed by atoms with E-state index in [-0.39, 0.29) is 6.10 Å². The zero-order valence-corrected chi connectivity index (χ0v) is 14.1. The van der Waals surface area contributed by atoms with Crippen LogP contribution in [0.2, 0.25) is 0 Å². The molecule has 2 rings (SSSR count). The number of hydrogen-bond donors (Lipinski definition) is 2. The first kappa shape index (κ1) is 15.3. The number of aliphatic hydroxyl groups excluding tert-OH is 1. The molecule has 0 spiro atoms. The lowest BCUT2D eigenvalue weighted by molar-refractivity contribution is 0.116. The van der Waals surface area contributed by atoms with Crippen LogP contribution in [-0.4, -0.2) is 24.4 Å². The molecule has 0 atom stereocenters. The highest BCUT2D eigenvalue weighted by Crippen LogP contribution is 2.34. The van der Waals surface area contributed by atoms with Gasteiger partial charge in [-0.3, -0.25) is 0 Å². The Hall–Kier alpha value is -0.100. The minimum absolute atomic E-state index is 0.0951. The molecular weight excluding hydrogens is 374 g/mol. The smallest absolute Gasteiger partial charge is 0.147 e. The van der Waals surface area contributed by atoms with Crippen LogP contribution in [0.1, 0.15) is 31.2 Å². The summed E-state index contributed by atoms with van der Waals surface area (Å²) in [5.41, 5.74) is 1.21. The van der Waals surface area contributed by atoms with Gasteiger partial charge in [0.15, 0.2) is 0 Å². The minimum atomic E-state index is -0.0951. The number of nitrogens with one attached hydrogen (secondary N) is 1. The van der Waals surface area contributed by atoms with Crippen molar-refractivity contribution in [2.45, 2.75) is 44.4 Å². The lowest BCUT2D eigenvalue weighted by Crippen LogP contribution is -2.34. The molecule has 1 fully saturated rings. The fraction of sp³-hybridized carbons (Fsp3) is 0.571. The number of aliphatic hydroxyl groups is 1. The van der Waals surface area contributed by atoms with E-state index in [0.717, 1.165) is 46.9 Å². The minimum Gasteiger partial charge on any atom is -0.494 e. The van der Waals surface area contributed by atoms with E-state index in [1.807, 2.05) is 0 Å². The number of rotatable bonds is 4. The Morgan fingerprint density at radius 2 is 1.79 bits per heavy atom. The van der Waals surface area contributed by atoms with Crippen molar-refractivity contribution in [2.75, 3.05) is 7.11 Å². The predicted octanol–water partition coefficient (Wildman–Crippen LogP) is 3.61. The van der Waals surface area contributed by atoms with Crippen molar-refractivity contribution in [1.82, 2.24) is 5.32 Å². The number of halogens is 2. The maximum absolute atomic E-state index is 9.49. The molecule has 0 unspecified atom stereocenters. The van der Waals surface area contributed by atoms with Gasteiger partial charge in [-0.2, -0.15) is 0 Å². The molecule has 1 saturated carbocycles. The Labute approximate surface area is 131 Å². The third-order valence-electron chi connectivity index (χ3n) is 3.55. The van der Waals surface area contributed by atoms with Crippen LogP contribution in [-0.2, 0) is 6.54 Å². The molecule has 0 heterocycles. The summed E-state index contributed by atoms with van der Waals surface area (Å²) in [6.07, 6.45) is 3.84. The zero-order chi connectivity index (χ0) is 13.8.